The first-order chi connectivity index (χ1) is 8.43. The summed E-state index contributed by atoms with van der Waals surface area (Å²) in [5.41, 5.74) is 6.68. The normalized spacial score (nSPS) is 12.6. The second kappa shape index (κ2) is 6.90. The molecule has 0 aliphatic heterocycles. The van der Waals surface area contributed by atoms with Gasteiger partial charge in [0, 0.05) is 24.1 Å². The highest BCUT2D eigenvalue weighted by molar-refractivity contribution is 9.10. The molecule has 1 atom stereocenters. The van der Waals surface area contributed by atoms with Crippen molar-refractivity contribution in [3.8, 4) is 0 Å². The Labute approximate surface area is 117 Å². The summed E-state index contributed by atoms with van der Waals surface area (Å²) in [6.45, 7) is 4.88. The van der Waals surface area contributed by atoms with Crippen molar-refractivity contribution in [2.24, 2.45) is 11.7 Å². The smallest absolute Gasteiger partial charge is 0.254 e. The van der Waals surface area contributed by atoms with Crippen LogP contribution in [0.15, 0.2) is 28.7 Å². The van der Waals surface area contributed by atoms with Gasteiger partial charge in [-0.25, -0.2) is 0 Å². The molecule has 0 fully saturated rings. The van der Waals surface area contributed by atoms with Crippen LogP contribution in [-0.4, -0.2) is 30.4 Å². The molecule has 100 valence electrons. The Bertz CT molecular complexity index is 407. The standard InChI is InChI=1S/C14H21BrN2O/c1-10(2)13(16)8-9-17(3)14(18)11-6-4-5-7-12(11)15/h4-7,10,13H,8-9,16H2,1-3H3. The number of hydrogen-bond donors (Lipinski definition) is 1. The summed E-state index contributed by atoms with van der Waals surface area (Å²) in [5.74, 6) is 0.468. The van der Waals surface area contributed by atoms with Gasteiger partial charge in [0.15, 0.2) is 0 Å². The van der Waals surface area contributed by atoms with Gasteiger partial charge in [-0.05, 0) is 40.4 Å². The minimum atomic E-state index is 0.0263. The van der Waals surface area contributed by atoms with Crippen LogP contribution in [0.5, 0.6) is 0 Å². The fraction of sp³-hybridized carbons (Fsp3) is 0.500. The van der Waals surface area contributed by atoms with Crippen molar-refractivity contribution in [3.05, 3.63) is 34.3 Å². The molecule has 2 N–H and O–H groups in total. The van der Waals surface area contributed by atoms with Crippen LogP contribution in [0.1, 0.15) is 30.6 Å². The summed E-state index contributed by atoms with van der Waals surface area (Å²) in [4.78, 5) is 13.9. The SMILES string of the molecule is CC(C)C(N)CCN(C)C(=O)c1ccccc1Br. The fourth-order valence-electron chi connectivity index (χ4n) is 1.62. The highest BCUT2D eigenvalue weighted by atomic mass is 79.9. The number of carbonyl (C=O) groups is 1. The van der Waals surface area contributed by atoms with Gasteiger partial charge in [0.25, 0.3) is 5.91 Å². The Morgan fingerprint density at radius 2 is 2.00 bits per heavy atom. The molecular weight excluding hydrogens is 292 g/mol. The molecule has 0 aliphatic rings. The van der Waals surface area contributed by atoms with Crippen LogP contribution in [0.4, 0.5) is 0 Å². The molecule has 4 heteroatoms. The van der Waals surface area contributed by atoms with E-state index >= 15 is 0 Å². The average molecular weight is 313 g/mol. The number of hydrogen-bond acceptors (Lipinski definition) is 2. The third kappa shape index (κ3) is 4.10. The van der Waals surface area contributed by atoms with Crippen molar-refractivity contribution in [2.45, 2.75) is 26.3 Å². The number of benzene rings is 1. The molecule has 1 amide bonds. The zero-order valence-electron chi connectivity index (χ0n) is 11.2. The molecule has 1 aromatic carbocycles. The van der Waals surface area contributed by atoms with Crippen LogP contribution in [0.25, 0.3) is 0 Å². The molecule has 1 aromatic rings. The number of nitrogens with zero attached hydrogens (tertiary/aromatic N) is 1. The lowest BCUT2D eigenvalue weighted by atomic mass is 10.0. The number of carbonyl (C=O) groups excluding carboxylic acids is 1. The lowest BCUT2D eigenvalue weighted by molar-refractivity contribution is 0.0788. The quantitative estimate of drug-likeness (QED) is 0.908. The van der Waals surface area contributed by atoms with Crippen molar-refractivity contribution >= 4 is 21.8 Å². The van der Waals surface area contributed by atoms with E-state index in [1.54, 1.807) is 4.90 Å². The maximum Gasteiger partial charge on any atom is 0.254 e. The van der Waals surface area contributed by atoms with Crippen LogP contribution >= 0.6 is 15.9 Å². The average Bonchev–Trinajstić information content (AvgIpc) is 2.35. The second-order valence-corrected chi connectivity index (χ2v) is 5.76. The van der Waals surface area contributed by atoms with Gasteiger partial charge in [-0.3, -0.25) is 4.79 Å². The van der Waals surface area contributed by atoms with Crippen molar-refractivity contribution in [1.82, 2.24) is 4.90 Å². The molecular formula is C14H21BrN2O. The first-order valence-electron chi connectivity index (χ1n) is 6.19. The molecule has 0 aliphatic carbocycles. The van der Waals surface area contributed by atoms with E-state index in [1.807, 2.05) is 31.3 Å². The molecule has 0 heterocycles. The van der Waals surface area contributed by atoms with Crippen LogP contribution in [0, 0.1) is 5.92 Å². The topological polar surface area (TPSA) is 46.3 Å². The Balaban J connectivity index is 2.60. The number of halogens is 1. The highest BCUT2D eigenvalue weighted by Gasteiger charge is 2.16. The predicted molar refractivity (Wildman–Crippen MR) is 78.5 cm³/mol. The van der Waals surface area contributed by atoms with Crippen molar-refractivity contribution < 1.29 is 4.79 Å². The van der Waals surface area contributed by atoms with Crippen molar-refractivity contribution in [1.29, 1.82) is 0 Å². The third-order valence-electron chi connectivity index (χ3n) is 3.11. The minimum Gasteiger partial charge on any atom is -0.342 e. The van der Waals surface area contributed by atoms with Gasteiger partial charge in [-0.1, -0.05) is 26.0 Å². The lowest BCUT2D eigenvalue weighted by Gasteiger charge is -2.22. The molecule has 0 radical (unpaired) electrons. The van der Waals surface area contributed by atoms with Gasteiger partial charge in [0.2, 0.25) is 0 Å². The second-order valence-electron chi connectivity index (χ2n) is 4.90. The van der Waals surface area contributed by atoms with E-state index in [9.17, 15) is 4.79 Å². The van der Waals surface area contributed by atoms with Crippen molar-refractivity contribution in [2.75, 3.05) is 13.6 Å². The van der Waals surface area contributed by atoms with Gasteiger partial charge in [0.05, 0.1) is 5.56 Å². The molecule has 0 spiro atoms. The Morgan fingerprint density at radius 1 is 1.39 bits per heavy atom. The Hall–Kier alpha value is -0.870. The summed E-state index contributed by atoms with van der Waals surface area (Å²) in [6.07, 6.45) is 0.824. The molecule has 18 heavy (non-hydrogen) atoms. The maximum absolute atomic E-state index is 12.2. The zero-order chi connectivity index (χ0) is 13.7. The molecule has 1 rings (SSSR count). The lowest BCUT2D eigenvalue weighted by Crippen LogP contribution is -2.34. The van der Waals surface area contributed by atoms with Crippen LogP contribution < -0.4 is 5.73 Å². The number of nitrogens with two attached hydrogens (primary N) is 1. The number of amides is 1. The van der Waals surface area contributed by atoms with E-state index in [2.05, 4.69) is 29.8 Å². The van der Waals surface area contributed by atoms with E-state index in [1.165, 1.54) is 0 Å². The summed E-state index contributed by atoms with van der Waals surface area (Å²) >= 11 is 3.40. The van der Waals surface area contributed by atoms with Gasteiger partial charge in [-0.2, -0.15) is 0 Å². The maximum atomic E-state index is 12.2. The molecule has 0 bridgehead atoms. The largest absolute Gasteiger partial charge is 0.342 e. The molecule has 0 saturated carbocycles. The Morgan fingerprint density at radius 3 is 2.56 bits per heavy atom. The van der Waals surface area contributed by atoms with Crippen LogP contribution in [0.3, 0.4) is 0 Å². The first-order valence-corrected chi connectivity index (χ1v) is 6.98. The summed E-state index contributed by atoms with van der Waals surface area (Å²) in [5, 5.41) is 0. The first kappa shape index (κ1) is 15.2. The van der Waals surface area contributed by atoms with E-state index < -0.39 is 0 Å². The predicted octanol–water partition coefficient (Wildman–Crippen LogP) is 2.89. The molecule has 3 nitrogen and oxygen atoms in total. The molecule has 1 unspecified atom stereocenters. The van der Waals surface area contributed by atoms with Crippen LogP contribution in [-0.2, 0) is 0 Å². The van der Waals surface area contributed by atoms with E-state index in [-0.39, 0.29) is 11.9 Å². The van der Waals surface area contributed by atoms with Crippen molar-refractivity contribution in [3.63, 3.8) is 0 Å². The minimum absolute atomic E-state index is 0.0263. The summed E-state index contributed by atoms with van der Waals surface area (Å²) < 4.78 is 0.829. The fourth-order valence-corrected chi connectivity index (χ4v) is 2.07. The molecule has 0 saturated heterocycles. The van der Waals surface area contributed by atoms with Gasteiger partial charge < -0.3 is 10.6 Å². The summed E-state index contributed by atoms with van der Waals surface area (Å²) in [7, 11) is 1.81. The molecule has 0 aromatic heterocycles. The monoisotopic (exact) mass is 312 g/mol. The van der Waals surface area contributed by atoms with E-state index in [0.717, 1.165) is 10.9 Å². The van der Waals surface area contributed by atoms with E-state index in [0.29, 0.717) is 18.0 Å². The van der Waals surface area contributed by atoms with Gasteiger partial charge >= 0.3 is 0 Å². The van der Waals surface area contributed by atoms with Gasteiger partial charge in [0.1, 0.15) is 0 Å². The highest BCUT2D eigenvalue weighted by Crippen LogP contribution is 2.17. The summed E-state index contributed by atoms with van der Waals surface area (Å²) in [6, 6.07) is 7.60. The third-order valence-corrected chi connectivity index (χ3v) is 3.80. The number of rotatable bonds is 5. The zero-order valence-corrected chi connectivity index (χ0v) is 12.8. The van der Waals surface area contributed by atoms with Gasteiger partial charge in [-0.15, -0.1) is 0 Å². The Kier molecular flexibility index (Phi) is 5.82. The van der Waals surface area contributed by atoms with E-state index in [4.69, 9.17) is 5.73 Å². The van der Waals surface area contributed by atoms with Crippen LogP contribution in [0.2, 0.25) is 0 Å².